The summed E-state index contributed by atoms with van der Waals surface area (Å²) in [7, 11) is 2.13. The zero-order chi connectivity index (χ0) is 13.1. The molecule has 0 spiro atoms. The minimum absolute atomic E-state index is 0.0386. The van der Waals surface area contributed by atoms with E-state index in [-0.39, 0.29) is 6.04 Å². The molecule has 1 fully saturated rings. The summed E-state index contributed by atoms with van der Waals surface area (Å²) in [6.07, 6.45) is 5.49. The maximum absolute atomic E-state index is 6.36. The molecule has 0 heterocycles. The summed E-state index contributed by atoms with van der Waals surface area (Å²) in [6, 6.07) is 6.20. The van der Waals surface area contributed by atoms with Gasteiger partial charge in [-0.15, -0.1) is 0 Å². The van der Waals surface area contributed by atoms with Gasteiger partial charge in [-0.1, -0.05) is 30.5 Å². The van der Waals surface area contributed by atoms with Crippen LogP contribution < -0.4 is 10.6 Å². The molecule has 1 aliphatic rings. The Labute approximate surface area is 115 Å². The molecule has 1 aliphatic carbocycles. The van der Waals surface area contributed by atoms with Crippen molar-refractivity contribution in [3.8, 4) is 0 Å². The zero-order valence-corrected chi connectivity index (χ0v) is 12.1. The van der Waals surface area contributed by atoms with Crippen LogP contribution in [-0.2, 0) is 0 Å². The van der Waals surface area contributed by atoms with Gasteiger partial charge in [-0.2, -0.15) is 0 Å². The van der Waals surface area contributed by atoms with Crippen LogP contribution in [0, 0.1) is 5.92 Å². The van der Waals surface area contributed by atoms with E-state index in [1.165, 1.54) is 25.7 Å². The lowest BCUT2D eigenvalue weighted by Gasteiger charge is -2.24. The van der Waals surface area contributed by atoms with Gasteiger partial charge in [0, 0.05) is 19.6 Å². The first-order valence-electron chi connectivity index (χ1n) is 6.84. The van der Waals surface area contributed by atoms with Crippen LogP contribution in [0.25, 0.3) is 0 Å². The van der Waals surface area contributed by atoms with E-state index in [0.717, 1.165) is 28.7 Å². The quantitative estimate of drug-likeness (QED) is 0.893. The monoisotopic (exact) mass is 266 g/mol. The molecule has 2 N–H and O–H groups in total. The molecule has 18 heavy (non-hydrogen) atoms. The van der Waals surface area contributed by atoms with Gasteiger partial charge in [0.05, 0.1) is 10.7 Å². The van der Waals surface area contributed by atoms with Crippen molar-refractivity contribution in [3.05, 3.63) is 28.8 Å². The molecule has 0 amide bonds. The number of halogens is 1. The number of nitrogens with two attached hydrogens (primary N) is 1. The fourth-order valence-corrected chi connectivity index (χ4v) is 3.13. The Balaban J connectivity index is 2.07. The predicted molar refractivity (Wildman–Crippen MR) is 79.3 cm³/mol. The molecule has 0 aliphatic heterocycles. The van der Waals surface area contributed by atoms with Gasteiger partial charge < -0.3 is 10.6 Å². The van der Waals surface area contributed by atoms with E-state index in [1.54, 1.807) is 0 Å². The summed E-state index contributed by atoms with van der Waals surface area (Å²) in [5.41, 5.74) is 8.08. The van der Waals surface area contributed by atoms with E-state index in [2.05, 4.69) is 24.1 Å². The number of hydrogen-bond donors (Lipinski definition) is 1. The molecule has 1 unspecified atom stereocenters. The van der Waals surface area contributed by atoms with Crippen molar-refractivity contribution >= 4 is 17.3 Å². The summed E-state index contributed by atoms with van der Waals surface area (Å²) in [5, 5.41) is 0.810. The molecule has 1 saturated carbocycles. The number of benzene rings is 1. The molecule has 1 aromatic carbocycles. The Morgan fingerprint density at radius 2 is 2.06 bits per heavy atom. The van der Waals surface area contributed by atoms with Gasteiger partial charge in [0.25, 0.3) is 0 Å². The maximum Gasteiger partial charge on any atom is 0.0642 e. The SMILES string of the molecule is CC(N)c1ccc(N(C)CC2CCCC2)c(Cl)c1. The Morgan fingerprint density at radius 3 is 2.61 bits per heavy atom. The van der Waals surface area contributed by atoms with Crippen molar-refractivity contribution in [2.75, 3.05) is 18.5 Å². The van der Waals surface area contributed by atoms with E-state index in [9.17, 15) is 0 Å². The van der Waals surface area contributed by atoms with E-state index < -0.39 is 0 Å². The molecule has 0 bridgehead atoms. The summed E-state index contributed by atoms with van der Waals surface area (Å²) in [6.45, 7) is 3.09. The van der Waals surface area contributed by atoms with Gasteiger partial charge in [0.1, 0.15) is 0 Å². The van der Waals surface area contributed by atoms with Crippen molar-refractivity contribution in [1.82, 2.24) is 0 Å². The van der Waals surface area contributed by atoms with Crippen LogP contribution in [0.5, 0.6) is 0 Å². The highest BCUT2D eigenvalue weighted by atomic mass is 35.5. The number of nitrogens with zero attached hydrogens (tertiary/aromatic N) is 1. The van der Waals surface area contributed by atoms with E-state index in [4.69, 9.17) is 17.3 Å². The smallest absolute Gasteiger partial charge is 0.0642 e. The van der Waals surface area contributed by atoms with Crippen LogP contribution in [0.3, 0.4) is 0 Å². The Morgan fingerprint density at radius 1 is 1.39 bits per heavy atom. The maximum atomic E-state index is 6.36. The van der Waals surface area contributed by atoms with Crippen molar-refractivity contribution in [2.45, 2.75) is 38.6 Å². The molecule has 2 rings (SSSR count). The van der Waals surface area contributed by atoms with Gasteiger partial charge in [0.2, 0.25) is 0 Å². The van der Waals surface area contributed by atoms with E-state index in [0.29, 0.717) is 0 Å². The first kappa shape index (κ1) is 13.7. The Hall–Kier alpha value is -0.730. The molecular weight excluding hydrogens is 244 g/mol. The van der Waals surface area contributed by atoms with Crippen molar-refractivity contribution < 1.29 is 0 Å². The highest BCUT2D eigenvalue weighted by Crippen LogP contribution is 2.31. The third-order valence-corrected chi connectivity index (χ3v) is 4.22. The fraction of sp³-hybridized carbons (Fsp3) is 0.600. The van der Waals surface area contributed by atoms with Crippen molar-refractivity contribution in [3.63, 3.8) is 0 Å². The molecule has 0 aromatic heterocycles. The standard InChI is InChI=1S/C15H23ClN2/c1-11(17)13-7-8-15(14(16)9-13)18(2)10-12-5-3-4-6-12/h7-9,11-12H,3-6,10,17H2,1-2H3. The van der Waals surface area contributed by atoms with Crippen molar-refractivity contribution in [2.24, 2.45) is 11.7 Å². The van der Waals surface area contributed by atoms with E-state index >= 15 is 0 Å². The summed E-state index contributed by atoms with van der Waals surface area (Å²) >= 11 is 6.36. The average molecular weight is 267 g/mol. The first-order chi connectivity index (χ1) is 8.58. The third kappa shape index (κ3) is 3.18. The molecule has 100 valence electrons. The van der Waals surface area contributed by atoms with Gasteiger partial charge in [0.15, 0.2) is 0 Å². The summed E-state index contributed by atoms with van der Waals surface area (Å²) in [4.78, 5) is 2.28. The molecule has 3 heteroatoms. The van der Waals surface area contributed by atoms with Gasteiger partial charge in [-0.05, 0) is 43.4 Å². The molecule has 1 atom stereocenters. The second-order valence-electron chi connectivity index (χ2n) is 5.53. The Kier molecular flexibility index (Phi) is 4.52. The number of hydrogen-bond acceptors (Lipinski definition) is 2. The summed E-state index contributed by atoms with van der Waals surface area (Å²) < 4.78 is 0. The van der Waals surface area contributed by atoms with Gasteiger partial charge >= 0.3 is 0 Å². The molecular formula is C15H23ClN2. The molecule has 2 nitrogen and oxygen atoms in total. The number of anilines is 1. The predicted octanol–water partition coefficient (Wildman–Crippen LogP) is 3.99. The topological polar surface area (TPSA) is 29.3 Å². The van der Waals surface area contributed by atoms with Crippen LogP contribution in [0.4, 0.5) is 5.69 Å². The highest BCUT2D eigenvalue weighted by molar-refractivity contribution is 6.33. The number of rotatable bonds is 4. The Bertz CT molecular complexity index is 397. The second kappa shape index (κ2) is 5.94. The van der Waals surface area contributed by atoms with Gasteiger partial charge in [-0.3, -0.25) is 0 Å². The fourth-order valence-electron chi connectivity index (χ4n) is 2.79. The van der Waals surface area contributed by atoms with Crippen molar-refractivity contribution in [1.29, 1.82) is 0 Å². The van der Waals surface area contributed by atoms with Crippen LogP contribution in [-0.4, -0.2) is 13.6 Å². The summed E-state index contributed by atoms with van der Waals surface area (Å²) in [5.74, 6) is 0.833. The van der Waals surface area contributed by atoms with E-state index in [1.807, 2.05) is 13.0 Å². The average Bonchev–Trinajstić information content (AvgIpc) is 2.81. The van der Waals surface area contributed by atoms with Crippen LogP contribution in [0.15, 0.2) is 18.2 Å². The first-order valence-corrected chi connectivity index (χ1v) is 7.22. The van der Waals surface area contributed by atoms with Crippen LogP contribution >= 0.6 is 11.6 Å². The largest absolute Gasteiger partial charge is 0.373 e. The van der Waals surface area contributed by atoms with Gasteiger partial charge in [-0.25, -0.2) is 0 Å². The lowest BCUT2D eigenvalue weighted by Crippen LogP contribution is -2.24. The minimum atomic E-state index is 0.0386. The normalized spacial score (nSPS) is 18.0. The molecule has 1 aromatic rings. The molecule has 0 saturated heterocycles. The molecule has 0 radical (unpaired) electrons. The highest BCUT2D eigenvalue weighted by Gasteiger charge is 2.18. The lowest BCUT2D eigenvalue weighted by molar-refractivity contribution is 0.547. The van der Waals surface area contributed by atoms with Crippen LogP contribution in [0.1, 0.15) is 44.2 Å². The second-order valence-corrected chi connectivity index (χ2v) is 5.94. The van der Waals surface area contributed by atoms with Crippen LogP contribution in [0.2, 0.25) is 5.02 Å². The lowest BCUT2D eigenvalue weighted by atomic mass is 10.1. The zero-order valence-electron chi connectivity index (χ0n) is 11.3. The third-order valence-electron chi connectivity index (χ3n) is 3.92. The minimum Gasteiger partial charge on any atom is -0.373 e.